The maximum Gasteiger partial charge on any atom is 0.0238 e. The van der Waals surface area contributed by atoms with Gasteiger partial charge in [-0.2, -0.15) is 0 Å². The lowest BCUT2D eigenvalue weighted by Crippen LogP contribution is -2.28. The quantitative estimate of drug-likeness (QED) is 0.731. The Kier molecular flexibility index (Phi) is 5.74. The topological polar surface area (TPSA) is 12.0 Å². The van der Waals surface area contributed by atoms with Gasteiger partial charge in [0.2, 0.25) is 0 Å². The molecule has 1 rings (SSSR count). The monoisotopic (exact) mass is 225 g/mol. The summed E-state index contributed by atoms with van der Waals surface area (Å²) < 4.78 is 0. The molecular weight excluding hydrogens is 206 g/mol. The fourth-order valence-corrected chi connectivity index (χ4v) is 1.91. The molecule has 1 aromatic rings. The summed E-state index contributed by atoms with van der Waals surface area (Å²) in [4.78, 5) is 0. The zero-order valence-electron chi connectivity index (χ0n) is 9.59. The van der Waals surface area contributed by atoms with Crippen LogP contribution in [0.15, 0.2) is 24.3 Å². The van der Waals surface area contributed by atoms with Crippen LogP contribution in [0.4, 0.5) is 0 Å². The van der Waals surface area contributed by atoms with Gasteiger partial charge in [-0.3, -0.25) is 0 Å². The minimum atomic E-state index is 0.544. The number of aryl methyl sites for hydroxylation is 1. The Bertz CT molecular complexity index is 286. The van der Waals surface area contributed by atoms with Gasteiger partial charge in [-0.15, -0.1) is 11.6 Å². The Balaban J connectivity index is 2.45. The molecule has 1 unspecified atom stereocenters. The fraction of sp³-hybridized carbons (Fsp3) is 0.538. The van der Waals surface area contributed by atoms with Crippen molar-refractivity contribution in [2.45, 2.75) is 39.3 Å². The van der Waals surface area contributed by atoms with Crippen LogP contribution in [0.25, 0.3) is 0 Å². The van der Waals surface area contributed by atoms with Gasteiger partial charge in [0.1, 0.15) is 0 Å². The number of halogens is 1. The van der Waals surface area contributed by atoms with Gasteiger partial charge in [0.25, 0.3) is 0 Å². The van der Waals surface area contributed by atoms with Crippen molar-refractivity contribution in [3.8, 4) is 0 Å². The lowest BCUT2D eigenvalue weighted by atomic mass is 10.1. The number of hydrogen-bond acceptors (Lipinski definition) is 1. The van der Waals surface area contributed by atoms with Gasteiger partial charge >= 0.3 is 0 Å². The molecule has 0 fully saturated rings. The van der Waals surface area contributed by atoms with Gasteiger partial charge in [0.15, 0.2) is 0 Å². The molecule has 1 aromatic carbocycles. The van der Waals surface area contributed by atoms with E-state index in [9.17, 15) is 0 Å². The summed E-state index contributed by atoms with van der Waals surface area (Å²) in [6.45, 7) is 5.30. The summed E-state index contributed by atoms with van der Waals surface area (Å²) in [7, 11) is 0. The van der Waals surface area contributed by atoms with E-state index < -0.39 is 0 Å². The minimum absolute atomic E-state index is 0.544. The molecule has 1 nitrogen and oxygen atoms in total. The molecule has 1 N–H and O–H groups in total. The third kappa shape index (κ3) is 4.23. The van der Waals surface area contributed by atoms with Gasteiger partial charge in [-0.25, -0.2) is 0 Å². The Morgan fingerprint density at radius 1 is 1.33 bits per heavy atom. The highest BCUT2D eigenvalue weighted by atomic mass is 35.5. The number of nitrogens with one attached hydrogen (secondary N) is 1. The van der Waals surface area contributed by atoms with Crippen LogP contribution >= 0.6 is 11.6 Å². The van der Waals surface area contributed by atoms with E-state index >= 15 is 0 Å². The first kappa shape index (κ1) is 12.5. The Labute approximate surface area is 97.8 Å². The highest BCUT2D eigenvalue weighted by molar-refractivity contribution is 6.17. The Morgan fingerprint density at radius 2 is 2.07 bits per heavy atom. The van der Waals surface area contributed by atoms with Crippen molar-refractivity contribution >= 4 is 11.6 Å². The molecule has 0 aliphatic carbocycles. The van der Waals surface area contributed by atoms with Crippen LogP contribution in [0.2, 0.25) is 0 Å². The molecule has 0 heterocycles. The lowest BCUT2D eigenvalue weighted by Gasteiger charge is -2.16. The van der Waals surface area contributed by atoms with E-state index in [0.717, 1.165) is 25.3 Å². The highest BCUT2D eigenvalue weighted by Crippen LogP contribution is 2.08. The number of hydrogen-bond donors (Lipinski definition) is 1. The van der Waals surface area contributed by atoms with Gasteiger partial charge in [0, 0.05) is 18.5 Å². The zero-order chi connectivity index (χ0) is 11.1. The van der Waals surface area contributed by atoms with Crippen LogP contribution in [0.5, 0.6) is 0 Å². The van der Waals surface area contributed by atoms with Crippen LogP contribution in [0.1, 0.15) is 30.9 Å². The van der Waals surface area contributed by atoms with Crippen molar-refractivity contribution in [1.82, 2.24) is 5.32 Å². The Hall–Kier alpha value is -0.530. The average molecular weight is 226 g/mol. The predicted molar refractivity (Wildman–Crippen MR) is 67.4 cm³/mol. The van der Waals surface area contributed by atoms with Crippen molar-refractivity contribution in [3.05, 3.63) is 35.4 Å². The normalized spacial score (nSPS) is 12.7. The standard InChI is InChI=1S/C13H20ClN/c1-3-13(8-9-14)15-10-12-7-5-4-6-11(12)2/h4-7,13,15H,3,8-10H2,1-2H3. The zero-order valence-corrected chi connectivity index (χ0v) is 10.3. The number of benzene rings is 1. The van der Waals surface area contributed by atoms with E-state index in [2.05, 4.69) is 43.4 Å². The summed E-state index contributed by atoms with van der Waals surface area (Å²) >= 11 is 5.75. The van der Waals surface area contributed by atoms with Crippen molar-refractivity contribution in [2.75, 3.05) is 5.88 Å². The third-order valence-corrected chi connectivity index (χ3v) is 3.01. The van der Waals surface area contributed by atoms with Crippen LogP contribution < -0.4 is 5.32 Å². The van der Waals surface area contributed by atoms with Crippen molar-refractivity contribution < 1.29 is 0 Å². The van der Waals surface area contributed by atoms with Gasteiger partial charge in [0.05, 0.1) is 0 Å². The smallest absolute Gasteiger partial charge is 0.0238 e. The number of rotatable bonds is 6. The molecule has 15 heavy (non-hydrogen) atoms. The molecular formula is C13H20ClN. The van der Waals surface area contributed by atoms with Crippen molar-refractivity contribution in [3.63, 3.8) is 0 Å². The molecule has 0 aliphatic heterocycles. The Morgan fingerprint density at radius 3 is 2.67 bits per heavy atom. The van der Waals surface area contributed by atoms with E-state index in [1.54, 1.807) is 0 Å². The summed E-state index contributed by atoms with van der Waals surface area (Å²) in [6.07, 6.45) is 2.18. The summed E-state index contributed by atoms with van der Waals surface area (Å²) in [5.41, 5.74) is 2.73. The first-order valence-electron chi connectivity index (χ1n) is 5.61. The molecule has 0 saturated carbocycles. The van der Waals surface area contributed by atoms with E-state index in [4.69, 9.17) is 11.6 Å². The molecule has 0 spiro atoms. The molecule has 0 bridgehead atoms. The molecule has 0 amide bonds. The molecule has 0 aliphatic rings. The van der Waals surface area contributed by atoms with Crippen LogP contribution in [0, 0.1) is 6.92 Å². The van der Waals surface area contributed by atoms with Crippen LogP contribution in [-0.2, 0) is 6.54 Å². The lowest BCUT2D eigenvalue weighted by molar-refractivity contribution is 0.485. The van der Waals surface area contributed by atoms with Crippen molar-refractivity contribution in [2.24, 2.45) is 0 Å². The predicted octanol–water partition coefficient (Wildman–Crippen LogP) is 3.49. The van der Waals surface area contributed by atoms with Gasteiger partial charge < -0.3 is 5.32 Å². The summed E-state index contributed by atoms with van der Waals surface area (Å²) in [5.74, 6) is 0.735. The molecule has 1 atom stereocenters. The van der Waals surface area contributed by atoms with Gasteiger partial charge in [-0.05, 0) is 30.9 Å². The second kappa shape index (κ2) is 6.86. The molecule has 0 radical (unpaired) electrons. The van der Waals surface area contributed by atoms with Crippen molar-refractivity contribution in [1.29, 1.82) is 0 Å². The largest absolute Gasteiger partial charge is 0.310 e. The van der Waals surface area contributed by atoms with E-state index in [0.29, 0.717) is 6.04 Å². The maximum absolute atomic E-state index is 5.75. The minimum Gasteiger partial charge on any atom is -0.310 e. The number of alkyl halides is 1. The van der Waals surface area contributed by atoms with Crippen LogP contribution in [-0.4, -0.2) is 11.9 Å². The average Bonchev–Trinajstić information content (AvgIpc) is 2.26. The first-order valence-corrected chi connectivity index (χ1v) is 6.15. The van der Waals surface area contributed by atoms with Crippen LogP contribution in [0.3, 0.4) is 0 Å². The summed E-state index contributed by atoms with van der Waals surface area (Å²) in [6, 6.07) is 9.04. The maximum atomic E-state index is 5.75. The molecule has 0 saturated heterocycles. The fourth-order valence-electron chi connectivity index (χ4n) is 1.64. The van der Waals surface area contributed by atoms with E-state index in [1.807, 2.05) is 0 Å². The second-order valence-electron chi connectivity index (χ2n) is 3.89. The molecule has 2 heteroatoms. The third-order valence-electron chi connectivity index (χ3n) is 2.79. The second-order valence-corrected chi connectivity index (χ2v) is 4.27. The molecule has 0 aromatic heterocycles. The SMILES string of the molecule is CCC(CCCl)NCc1ccccc1C. The van der Waals surface area contributed by atoms with E-state index in [-0.39, 0.29) is 0 Å². The first-order chi connectivity index (χ1) is 7.27. The highest BCUT2D eigenvalue weighted by Gasteiger charge is 2.05. The summed E-state index contributed by atoms with van der Waals surface area (Å²) in [5, 5.41) is 3.54. The molecule has 84 valence electrons. The van der Waals surface area contributed by atoms with Gasteiger partial charge in [-0.1, -0.05) is 31.2 Å². The van der Waals surface area contributed by atoms with E-state index in [1.165, 1.54) is 11.1 Å².